The summed E-state index contributed by atoms with van der Waals surface area (Å²) in [6, 6.07) is 10.9. The number of rotatable bonds is 3. The Bertz CT molecular complexity index is 1580. The zero-order valence-electron chi connectivity index (χ0n) is 15.9. The van der Waals surface area contributed by atoms with Crippen molar-refractivity contribution in [3.05, 3.63) is 66.3 Å². The fraction of sp³-hybridized carbons (Fsp3) is 0. The van der Waals surface area contributed by atoms with Crippen molar-refractivity contribution < 1.29 is 4.39 Å². The summed E-state index contributed by atoms with van der Waals surface area (Å²) >= 11 is 1.08. The van der Waals surface area contributed by atoms with Gasteiger partial charge in [-0.25, -0.2) is 0 Å². The highest BCUT2D eigenvalue weighted by Gasteiger charge is 2.16. The normalized spacial score (nSPS) is 11.5. The van der Waals surface area contributed by atoms with E-state index in [0.717, 1.165) is 66.4 Å². The van der Waals surface area contributed by atoms with E-state index >= 15 is 0 Å². The van der Waals surface area contributed by atoms with Gasteiger partial charge in [-0.05, 0) is 36.4 Å². The van der Waals surface area contributed by atoms with Crippen molar-refractivity contribution in [2.24, 2.45) is 0 Å². The van der Waals surface area contributed by atoms with Gasteiger partial charge in [0.1, 0.15) is 5.69 Å². The van der Waals surface area contributed by atoms with Crippen LogP contribution in [0.4, 0.5) is 10.1 Å². The third-order valence-electron chi connectivity index (χ3n) is 5.11. The van der Waals surface area contributed by atoms with Crippen LogP contribution < -0.4 is 5.73 Å². The van der Waals surface area contributed by atoms with E-state index < -0.39 is 0 Å². The molecule has 0 spiro atoms. The molecule has 6 aromatic rings. The zero-order chi connectivity index (χ0) is 20.9. The van der Waals surface area contributed by atoms with Crippen LogP contribution in [0.25, 0.3) is 55.0 Å². The van der Waals surface area contributed by atoms with Gasteiger partial charge >= 0.3 is 0 Å². The summed E-state index contributed by atoms with van der Waals surface area (Å²) in [4.78, 5) is 17.3. The Morgan fingerprint density at radius 1 is 0.903 bits per heavy atom. The average Bonchev–Trinajstić information content (AvgIpc) is 3.50. The van der Waals surface area contributed by atoms with Gasteiger partial charge in [0.05, 0.1) is 39.4 Å². The number of nitrogen functional groups attached to an aromatic ring is 1. The van der Waals surface area contributed by atoms with E-state index in [9.17, 15) is 4.39 Å². The third-order valence-corrected chi connectivity index (χ3v) is 5.99. The molecule has 0 saturated carbocycles. The van der Waals surface area contributed by atoms with E-state index in [4.69, 9.17) is 5.73 Å². The van der Waals surface area contributed by atoms with Crippen molar-refractivity contribution in [3.63, 3.8) is 0 Å². The lowest BCUT2D eigenvalue weighted by atomic mass is 10.1. The summed E-state index contributed by atoms with van der Waals surface area (Å²) in [5, 5.41) is 9.12. The van der Waals surface area contributed by atoms with Crippen molar-refractivity contribution in [3.8, 4) is 33.2 Å². The quantitative estimate of drug-likeness (QED) is 0.368. The Hall–Kier alpha value is -4.11. The molecular formula is C22H14FN7S. The number of H-pyrrole nitrogens is 2. The number of anilines is 1. The van der Waals surface area contributed by atoms with Crippen LogP contribution in [0.1, 0.15) is 0 Å². The van der Waals surface area contributed by atoms with Gasteiger partial charge in [-0.15, -0.1) is 11.3 Å². The highest BCUT2D eigenvalue weighted by molar-refractivity contribution is 7.13. The highest BCUT2D eigenvalue weighted by Crippen LogP contribution is 2.35. The second-order valence-electron chi connectivity index (χ2n) is 7.10. The molecule has 0 fully saturated rings. The van der Waals surface area contributed by atoms with Crippen LogP contribution in [0, 0.1) is 5.13 Å². The standard InChI is InChI=1S/C22H14FN7S/c23-20-2-1-19(31-20)22-13-7-17(28-15(13)3-4-26-22)21-14-6-16(27-10-18(14)29-30-21)11-5-12(24)9-25-8-11/h1-10,28H,24H2,(H,29,30). The van der Waals surface area contributed by atoms with E-state index in [0.29, 0.717) is 5.69 Å². The highest BCUT2D eigenvalue weighted by atomic mass is 32.1. The van der Waals surface area contributed by atoms with Crippen LogP contribution in [0.15, 0.2) is 61.2 Å². The number of pyridine rings is 3. The minimum absolute atomic E-state index is 0.237. The summed E-state index contributed by atoms with van der Waals surface area (Å²) in [5.41, 5.74) is 12.1. The van der Waals surface area contributed by atoms with Gasteiger partial charge in [0.2, 0.25) is 0 Å². The molecule has 4 N–H and O–H groups in total. The first kappa shape index (κ1) is 17.7. The Morgan fingerprint density at radius 2 is 1.81 bits per heavy atom. The third kappa shape index (κ3) is 2.94. The van der Waals surface area contributed by atoms with Gasteiger partial charge in [0.15, 0.2) is 5.13 Å². The van der Waals surface area contributed by atoms with E-state index in [1.165, 1.54) is 6.07 Å². The van der Waals surface area contributed by atoms with E-state index in [-0.39, 0.29) is 5.13 Å². The number of nitrogens with zero attached hydrogens (tertiary/aromatic N) is 4. The number of hydrogen-bond acceptors (Lipinski definition) is 6. The maximum atomic E-state index is 13.6. The van der Waals surface area contributed by atoms with Crippen LogP contribution in [0.5, 0.6) is 0 Å². The maximum Gasteiger partial charge on any atom is 0.177 e. The first-order valence-electron chi connectivity index (χ1n) is 9.44. The van der Waals surface area contributed by atoms with Crippen molar-refractivity contribution in [1.29, 1.82) is 0 Å². The molecule has 0 atom stereocenters. The minimum atomic E-state index is -0.237. The summed E-state index contributed by atoms with van der Waals surface area (Å²) in [5.74, 6) is 0. The fourth-order valence-corrected chi connectivity index (χ4v) is 4.44. The Labute approximate surface area is 178 Å². The Kier molecular flexibility index (Phi) is 3.84. The molecule has 7 nitrogen and oxygen atoms in total. The van der Waals surface area contributed by atoms with Crippen molar-refractivity contribution in [2.45, 2.75) is 0 Å². The predicted octanol–water partition coefficient (Wildman–Crippen LogP) is 5.01. The first-order chi connectivity index (χ1) is 15.2. The lowest BCUT2D eigenvalue weighted by molar-refractivity contribution is 0.657. The van der Waals surface area contributed by atoms with E-state index in [1.807, 2.05) is 24.3 Å². The van der Waals surface area contributed by atoms with E-state index in [1.54, 1.807) is 30.9 Å². The van der Waals surface area contributed by atoms with Crippen molar-refractivity contribution in [2.75, 3.05) is 5.73 Å². The topological polar surface area (TPSA) is 109 Å². The van der Waals surface area contributed by atoms with Crippen molar-refractivity contribution >= 4 is 38.8 Å². The van der Waals surface area contributed by atoms with Crippen LogP contribution >= 0.6 is 11.3 Å². The first-order valence-corrected chi connectivity index (χ1v) is 10.3. The smallest absolute Gasteiger partial charge is 0.177 e. The molecule has 0 saturated heterocycles. The maximum absolute atomic E-state index is 13.6. The number of fused-ring (bicyclic) bond motifs is 2. The van der Waals surface area contributed by atoms with Crippen LogP contribution in [-0.4, -0.2) is 30.1 Å². The summed E-state index contributed by atoms with van der Waals surface area (Å²) in [6.45, 7) is 0. The van der Waals surface area contributed by atoms with E-state index in [2.05, 4.69) is 30.1 Å². The van der Waals surface area contributed by atoms with Crippen molar-refractivity contribution in [1.82, 2.24) is 30.1 Å². The summed E-state index contributed by atoms with van der Waals surface area (Å²) in [7, 11) is 0. The second kappa shape index (κ2) is 6.71. The molecule has 0 aliphatic carbocycles. The molecule has 0 amide bonds. The van der Waals surface area contributed by atoms with Gasteiger partial charge in [0, 0.05) is 40.4 Å². The predicted molar refractivity (Wildman–Crippen MR) is 120 cm³/mol. The number of nitrogens with one attached hydrogen (secondary N) is 2. The van der Waals surface area contributed by atoms with Gasteiger partial charge in [-0.1, -0.05) is 0 Å². The molecule has 6 aromatic heterocycles. The van der Waals surface area contributed by atoms with Crippen LogP contribution in [0.3, 0.4) is 0 Å². The monoisotopic (exact) mass is 427 g/mol. The molecule has 0 aliphatic rings. The number of aromatic amines is 2. The molecule has 6 rings (SSSR count). The number of nitrogens with two attached hydrogens (primary N) is 1. The van der Waals surface area contributed by atoms with Crippen LogP contribution in [-0.2, 0) is 0 Å². The number of halogens is 1. The average molecular weight is 427 g/mol. The molecule has 150 valence electrons. The van der Waals surface area contributed by atoms with Gasteiger partial charge in [-0.2, -0.15) is 9.49 Å². The van der Waals surface area contributed by atoms with Gasteiger partial charge < -0.3 is 10.7 Å². The van der Waals surface area contributed by atoms with Gasteiger partial charge in [0.25, 0.3) is 0 Å². The largest absolute Gasteiger partial charge is 0.397 e. The summed E-state index contributed by atoms with van der Waals surface area (Å²) < 4.78 is 13.6. The Morgan fingerprint density at radius 3 is 2.65 bits per heavy atom. The molecular weight excluding hydrogens is 413 g/mol. The molecule has 0 unspecified atom stereocenters. The molecule has 31 heavy (non-hydrogen) atoms. The number of thiophene rings is 1. The fourth-order valence-electron chi connectivity index (χ4n) is 3.70. The lowest BCUT2D eigenvalue weighted by Crippen LogP contribution is -1.89. The Balaban J connectivity index is 1.51. The second-order valence-corrected chi connectivity index (χ2v) is 8.14. The SMILES string of the molecule is Nc1cncc(-c2cc3c(-c4cc5c(-c6ccc(F)s6)nccc5[nH]4)n[nH]c3cn2)c1. The molecule has 0 radical (unpaired) electrons. The summed E-state index contributed by atoms with van der Waals surface area (Å²) in [6.07, 6.45) is 6.79. The number of aromatic nitrogens is 6. The molecule has 6 heterocycles. The minimum Gasteiger partial charge on any atom is -0.397 e. The lowest BCUT2D eigenvalue weighted by Gasteiger charge is -2.02. The molecule has 9 heteroatoms. The van der Waals surface area contributed by atoms with Crippen LogP contribution in [0.2, 0.25) is 0 Å². The van der Waals surface area contributed by atoms with Gasteiger partial charge in [-0.3, -0.25) is 20.1 Å². The molecule has 0 bridgehead atoms. The molecule has 0 aliphatic heterocycles. The zero-order valence-corrected chi connectivity index (χ0v) is 16.7. The number of hydrogen-bond donors (Lipinski definition) is 3. The molecule has 0 aromatic carbocycles.